The second kappa shape index (κ2) is 4.63. The summed E-state index contributed by atoms with van der Waals surface area (Å²) in [6.45, 7) is 2.72. The number of carboxylic acid groups (broad SMARTS) is 1. The van der Waals surface area contributed by atoms with Crippen LogP contribution in [0.1, 0.15) is 56.9 Å². The molecule has 2 aliphatic rings. The Morgan fingerprint density at radius 3 is 3.05 bits per heavy atom. The number of hydrogen-bond donors (Lipinski definition) is 1. The molecule has 0 aromatic carbocycles. The van der Waals surface area contributed by atoms with Gasteiger partial charge in [0.2, 0.25) is 0 Å². The van der Waals surface area contributed by atoms with Crippen molar-refractivity contribution in [2.75, 3.05) is 6.61 Å². The van der Waals surface area contributed by atoms with E-state index in [1.807, 2.05) is 17.7 Å². The van der Waals surface area contributed by atoms with Crippen molar-refractivity contribution in [1.82, 2.24) is 9.78 Å². The quantitative estimate of drug-likeness (QED) is 0.907. The van der Waals surface area contributed by atoms with Gasteiger partial charge in [0.15, 0.2) is 0 Å². The van der Waals surface area contributed by atoms with Gasteiger partial charge in [0.1, 0.15) is 6.23 Å². The van der Waals surface area contributed by atoms with E-state index in [0.29, 0.717) is 6.42 Å². The smallest absolute Gasteiger partial charge is 0.310 e. The molecule has 2 fully saturated rings. The highest BCUT2D eigenvalue weighted by Gasteiger charge is 2.60. The minimum atomic E-state index is -0.683. The lowest BCUT2D eigenvalue weighted by Gasteiger charge is -2.25. The van der Waals surface area contributed by atoms with Gasteiger partial charge in [0, 0.05) is 24.4 Å². The number of carboxylic acids is 1. The molecule has 0 amide bonds. The highest BCUT2D eigenvalue weighted by molar-refractivity contribution is 5.80. The van der Waals surface area contributed by atoms with E-state index in [9.17, 15) is 9.90 Å². The van der Waals surface area contributed by atoms with Crippen LogP contribution in [-0.4, -0.2) is 27.5 Å². The third kappa shape index (κ3) is 1.96. The molecule has 19 heavy (non-hydrogen) atoms. The van der Waals surface area contributed by atoms with Gasteiger partial charge in [-0.3, -0.25) is 4.79 Å². The molecule has 1 saturated carbocycles. The first-order chi connectivity index (χ1) is 9.19. The molecule has 0 spiro atoms. The Kier molecular flexibility index (Phi) is 3.09. The molecule has 3 rings (SSSR count). The van der Waals surface area contributed by atoms with Crippen LogP contribution in [0, 0.1) is 5.41 Å². The standard InChI is InChI=1S/C14H20N2O3/c1-2-14(13(17)18)9-10(14)11-6-7-15-16(11)12-5-3-4-8-19-12/h6-7,10,12H,2-5,8-9H2,1H3,(H,17,18). The summed E-state index contributed by atoms with van der Waals surface area (Å²) in [5, 5.41) is 13.8. The number of aliphatic carboxylic acids is 1. The summed E-state index contributed by atoms with van der Waals surface area (Å²) in [7, 11) is 0. The van der Waals surface area contributed by atoms with Gasteiger partial charge < -0.3 is 9.84 Å². The van der Waals surface area contributed by atoms with E-state index in [1.54, 1.807) is 6.20 Å². The summed E-state index contributed by atoms with van der Waals surface area (Å²) in [6, 6.07) is 1.95. The number of rotatable bonds is 4. The van der Waals surface area contributed by atoms with Crippen molar-refractivity contribution in [3.05, 3.63) is 18.0 Å². The van der Waals surface area contributed by atoms with Crippen LogP contribution in [-0.2, 0) is 9.53 Å². The van der Waals surface area contributed by atoms with Crippen LogP contribution in [0.3, 0.4) is 0 Å². The van der Waals surface area contributed by atoms with E-state index in [2.05, 4.69) is 5.10 Å². The maximum atomic E-state index is 11.4. The van der Waals surface area contributed by atoms with Crippen molar-refractivity contribution in [2.24, 2.45) is 5.41 Å². The van der Waals surface area contributed by atoms with Crippen molar-refractivity contribution in [1.29, 1.82) is 0 Å². The summed E-state index contributed by atoms with van der Waals surface area (Å²) in [5.74, 6) is -0.597. The maximum Gasteiger partial charge on any atom is 0.310 e. The van der Waals surface area contributed by atoms with Gasteiger partial charge in [-0.25, -0.2) is 4.68 Å². The third-order valence-corrected chi connectivity index (χ3v) is 4.62. The normalized spacial score (nSPS) is 34.2. The first kappa shape index (κ1) is 12.7. The minimum absolute atomic E-state index is 0.0114. The molecular weight excluding hydrogens is 244 g/mol. The van der Waals surface area contributed by atoms with Crippen LogP contribution in [0.25, 0.3) is 0 Å². The van der Waals surface area contributed by atoms with Gasteiger partial charge in [0.05, 0.1) is 5.41 Å². The SMILES string of the molecule is CCC1(C(=O)O)CC1c1ccnn1C1CCCCO1. The lowest BCUT2D eigenvalue weighted by atomic mass is 9.99. The van der Waals surface area contributed by atoms with E-state index in [0.717, 1.165) is 38.0 Å². The molecule has 3 atom stereocenters. The number of ether oxygens (including phenoxy) is 1. The van der Waals surface area contributed by atoms with Crippen LogP contribution < -0.4 is 0 Å². The Hall–Kier alpha value is -1.36. The largest absolute Gasteiger partial charge is 0.481 e. The topological polar surface area (TPSA) is 64.3 Å². The van der Waals surface area contributed by atoms with Gasteiger partial charge >= 0.3 is 5.97 Å². The molecule has 104 valence electrons. The van der Waals surface area contributed by atoms with Crippen molar-refractivity contribution < 1.29 is 14.6 Å². The average Bonchev–Trinajstić information content (AvgIpc) is 3.00. The second-order valence-electron chi connectivity index (χ2n) is 5.59. The Balaban J connectivity index is 1.83. The first-order valence-electron chi connectivity index (χ1n) is 7.07. The summed E-state index contributed by atoms with van der Waals surface area (Å²) >= 11 is 0. The monoisotopic (exact) mass is 264 g/mol. The predicted octanol–water partition coefficient (Wildman–Crippen LogP) is 2.55. The molecule has 5 heteroatoms. The summed E-state index contributed by atoms with van der Waals surface area (Å²) in [5.41, 5.74) is 0.447. The van der Waals surface area contributed by atoms with Gasteiger partial charge in [-0.2, -0.15) is 5.10 Å². The Morgan fingerprint density at radius 2 is 2.47 bits per heavy atom. The zero-order valence-electron chi connectivity index (χ0n) is 11.2. The molecule has 1 aromatic rings. The number of carbonyl (C=O) groups is 1. The highest BCUT2D eigenvalue weighted by atomic mass is 16.5. The Morgan fingerprint density at radius 1 is 1.63 bits per heavy atom. The van der Waals surface area contributed by atoms with E-state index in [1.165, 1.54) is 0 Å². The Labute approximate surface area is 112 Å². The molecule has 2 heterocycles. The molecule has 1 aliphatic carbocycles. The fourth-order valence-electron chi connectivity index (χ4n) is 3.23. The van der Waals surface area contributed by atoms with Crippen LogP contribution in [0.5, 0.6) is 0 Å². The lowest BCUT2D eigenvalue weighted by molar-refractivity contribution is -0.143. The zero-order chi connectivity index (χ0) is 13.5. The van der Waals surface area contributed by atoms with Crippen molar-refractivity contribution >= 4 is 5.97 Å². The molecule has 1 aromatic heterocycles. The number of aromatic nitrogens is 2. The second-order valence-corrected chi connectivity index (χ2v) is 5.59. The molecule has 5 nitrogen and oxygen atoms in total. The van der Waals surface area contributed by atoms with Crippen LogP contribution in [0.15, 0.2) is 12.3 Å². The van der Waals surface area contributed by atoms with Crippen molar-refractivity contribution in [2.45, 2.75) is 51.2 Å². The zero-order valence-corrected chi connectivity index (χ0v) is 11.2. The lowest BCUT2D eigenvalue weighted by Crippen LogP contribution is -2.22. The molecule has 0 bridgehead atoms. The van der Waals surface area contributed by atoms with Crippen LogP contribution in [0.2, 0.25) is 0 Å². The summed E-state index contributed by atoms with van der Waals surface area (Å²) in [4.78, 5) is 11.4. The van der Waals surface area contributed by atoms with Crippen LogP contribution >= 0.6 is 0 Å². The van der Waals surface area contributed by atoms with E-state index < -0.39 is 11.4 Å². The average molecular weight is 264 g/mol. The number of hydrogen-bond acceptors (Lipinski definition) is 3. The minimum Gasteiger partial charge on any atom is -0.481 e. The fraction of sp³-hybridized carbons (Fsp3) is 0.714. The summed E-state index contributed by atoms with van der Waals surface area (Å²) < 4.78 is 7.66. The van der Waals surface area contributed by atoms with Crippen molar-refractivity contribution in [3.8, 4) is 0 Å². The molecule has 3 unspecified atom stereocenters. The van der Waals surface area contributed by atoms with Gasteiger partial charge in [-0.1, -0.05) is 6.92 Å². The van der Waals surface area contributed by atoms with E-state index in [4.69, 9.17) is 4.74 Å². The van der Waals surface area contributed by atoms with Gasteiger partial charge in [0.25, 0.3) is 0 Å². The maximum absolute atomic E-state index is 11.4. The van der Waals surface area contributed by atoms with E-state index >= 15 is 0 Å². The fourth-order valence-corrected chi connectivity index (χ4v) is 3.23. The Bertz CT molecular complexity index is 479. The first-order valence-corrected chi connectivity index (χ1v) is 7.07. The van der Waals surface area contributed by atoms with Crippen molar-refractivity contribution in [3.63, 3.8) is 0 Å². The van der Waals surface area contributed by atoms with Crippen LogP contribution in [0.4, 0.5) is 0 Å². The summed E-state index contributed by atoms with van der Waals surface area (Å²) in [6.07, 6.45) is 6.35. The molecular formula is C14H20N2O3. The van der Waals surface area contributed by atoms with Gasteiger partial charge in [-0.15, -0.1) is 0 Å². The molecule has 1 aliphatic heterocycles. The molecule has 0 radical (unpaired) electrons. The number of nitrogens with zero attached hydrogens (tertiary/aromatic N) is 2. The third-order valence-electron chi connectivity index (χ3n) is 4.62. The molecule has 1 saturated heterocycles. The highest BCUT2D eigenvalue weighted by Crippen LogP contribution is 2.61. The predicted molar refractivity (Wildman–Crippen MR) is 68.8 cm³/mol. The molecule has 1 N–H and O–H groups in total. The van der Waals surface area contributed by atoms with E-state index in [-0.39, 0.29) is 12.1 Å². The van der Waals surface area contributed by atoms with Gasteiger partial charge in [-0.05, 0) is 38.2 Å².